The normalized spacial score (nSPS) is 18.2. The van der Waals surface area contributed by atoms with Crippen LogP contribution in [0.3, 0.4) is 0 Å². The van der Waals surface area contributed by atoms with Gasteiger partial charge in [0.25, 0.3) is 0 Å². The topological polar surface area (TPSA) is 66.5 Å². The van der Waals surface area contributed by atoms with Gasteiger partial charge in [-0.2, -0.15) is 0 Å². The molecule has 0 saturated carbocycles. The maximum absolute atomic E-state index is 12.1. The minimum atomic E-state index is -0.626. The van der Waals surface area contributed by atoms with Gasteiger partial charge in [0.05, 0.1) is 0 Å². The van der Waals surface area contributed by atoms with E-state index in [1.54, 1.807) is 29.2 Å². The van der Waals surface area contributed by atoms with Gasteiger partial charge in [-0.15, -0.1) is 0 Å². The van der Waals surface area contributed by atoms with Crippen LogP contribution >= 0.6 is 0 Å². The van der Waals surface area contributed by atoms with Crippen LogP contribution in [0.4, 0.5) is 5.69 Å². The first-order chi connectivity index (χ1) is 9.99. The molecule has 1 unspecified atom stereocenters. The van der Waals surface area contributed by atoms with E-state index in [0.717, 1.165) is 19.3 Å². The quantitative estimate of drug-likeness (QED) is 0.670. The van der Waals surface area contributed by atoms with E-state index in [0.29, 0.717) is 17.8 Å². The summed E-state index contributed by atoms with van der Waals surface area (Å²) in [4.78, 5) is 37.0. The number of amides is 2. The summed E-state index contributed by atoms with van der Waals surface area (Å²) in [5, 5.41) is 2.58. The van der Waals surface area contributed by atoms with Crippen molar-refractivity contribution in [2.24, 2.45) is 0 Å². The summed E-state index contributed by atoms with van der Waals surface area (Å²) in [6.45, 7) is 4.08. The van der Waals surface area contributed by atoms with Crippen molar-refractivity contribution in [3.05, 3.63) is 29.8 Å². The van der Waals surface area contributed by atoms with Gasteiger partial charge in [0.1, 0.15) is 0 Å². The SMILES string of the molecule is CC(=O)c1ccc(NC(=O)C(=O)N2CCCCC2C)cc1. The molecule has 2 amide bonds. The second-order valence-electron chi connectivity index (χ2n) is 5.43. The molecule has 5 heteroatoms. The van der Waals surface area contributed by atoms with Gasteiger partial charge >= 0.3 is 11.8 Å². The number of ketones is 1. The Labute approximate surface area is 124 Å². The highest BCUT2D eigenvalue weighted by Gasteiger charge is 2.28. The Morgan fingerprint density at radius 3 is 2.38 bits per heavy atom. The van der Waals surface area contributed by atoms with Crippen LogP contribution in [0.2, 0.25) is 0 Å². The molecule has 1 saturated heterocycles. The van der Waals surface area contributed by atoms with Crippen LogP contribution in [-0.4, -0.2) is 35.1 Å². The monoisotopic (exact) mass is 288 g/mol. The van der Waals surface area contributed by atoms with Gasteiger partial charge in [-0.3, -0.25) is 14.4 Å². The van der Waals surface area contributed by atoms with Gasteiger partial charge in [-0.25, -0.2) is 0 Å². The van der Waals surface area contributed by atoms with Crippen molar-refractivity contribution in [3.8, 4) is 0 Å². The number of nitrogens with zero attached hydrogens (tertiary/aromatic N) is 1. The maximum Gasteiger partial charge on any atom is 0.313 e. The Bertz CT molecular complexity index is 551. The minimum Gasteiger partial charge on any atom is -0.332 e. The molecule has 0 radical (unpaired) electrons. The van der Waals surface area contributed by atoms with Crippen LogP contribution in [0.15, 0.2) is 24.3 Å². The standard InChI is InChI=1S/C16H20N2O3/c1-11-5-3-4-10-18(11)16(21)15(20)17-14-8-6-13(7-9-14)12(2)19/h6-9,11H,3-5,10H2,1-2H3,(H,17,20). The van der Waals surface area contributed by atoms with E-state index in [9.17, 15) is 14.4 Å². The molecule has 0 spiro atoms. The van der Waals surface area contributed by atoms with Gasteiger partial charge in [-0.1, -0.05) is 0 Å². The van der Waals surface area contributed by atoms with E-state index in [2.05, 4.69) is 5.32 Å². The van der Waals surface area contributed by atoms with E-state index in [-0.39, 0.29) is 11.8 Å². The molecule has 1 atom stereocenters. The fraction of sp³-hybridized carbons (Fsp3) is 0.438. The molecule has 5 nitrogen and oxygen atoms in total. The van der Waals surface area contributed by atoms with Gasteiger partial charge in [0, 0.05) is 23.8 Å². The van der Waals surface area contributed by atoms with Crippen molar-refractivity contribution >= 4 is 23.3 Å². The fourth-order valence-electron chi connectivity index (χ4n) is 2.50. The molecule has 1 aliphatic heterocycles. The Balaban J connectivity index is 2.00. The summed E-state index contributed by atoms with van der Waals surface area (Å²) in [7, 11) is 0. The largest absolute Gasteiger partial charge is 0.332 e. The Hall–Kier alpha value is -2.17. The van der Waals surface area contributed by atoms with Crippen LogP contribution in [0, 0.1) is 0 Å². The summed E-state index contributed by atoms with van der Waals surface area (Å²) < 4.78 is 0. The first-order valence-corrected chi connectivity index (χ1v) is 7.22. The zero-order valence-electron chi connectivity index (χ0n) is 12.4. The summed E-state index contributed by atoms with van der Waals surface area (Å²) in [6.07, 6.45) is 2.97. The smallest absolute Gasteiger partial charge is 0.313 e. The second-order valence-corrected chi connectivity index (χ2v) is 5.43. The van der Waals surface area contributed by atoms with E-state index in [1.165, 1.54) is 6.92 Å². The third-order valence-electron chi connectivity index (χ3n) is 3.81. The lowest BCUT2D eigenvalue weighted by Crippen LogP contribution is -2.47. The van der Waals surface area contributed by atoms with E-state index in [4.69, 9.17) is 0 Å². The highest BCUT2D eigenvalue weighted by Crippen LogP contribution is 2.17. The average molecular weight is 288 g/mol. The second kappa shape index (κ2) is 6.52. The van der Waals surface area contributed by atoms with Crippen LogP contribution in [-0.2, 0) is 9.59 Å². The maximum atomic E-state index is 12.1. The minimum absolute atomic E-state index is 0.0360. The number of benzene rings is 1. The predicted octanol–water partition coefficient (Wildman–Crippen LogP) is 2.23. The molecule has 1 heterocycles. The average Bonchev–Trinajstić information content (AvgIpc) is 2.47. The zero-order chi connectivity index (χ0) is 15.4. The third kappa shape index (κ3) is 3.68. The third-order valence-corrected chi connectivity index (χ3v) is 3.81. The molecule has 1 fully saturated rings. The first kappa shape index (κ1) is 15.2. The molecule has 0 aromatic heterocycles. The zero-order valence-corrected chi connectivity index (χ0v) is 12.4. The molecule has 1 aromatic carbocycles. The summed E-state index contributed by atoms with van der Waals surface area (Å²) in [5.41, 5.74) is 1.09. The molecule has 112 valence electrons. The molecule has 2 rings (SSSR count). The molecule has 21 heavy (non-hydrogen) atoms. The van der Waals surface area contributed by atoms with Crippen molar-refractivity contribution in [1.29, 1.82) is 0 Å². The number of nitrogens with one attached hydrogen (secondary N) is 1. The van der Waals surface area contributed by atoms with Gasteiger partial charge in [0.15, 0.2) is 5.78 Å². The van der Waals surface area contributed by atoms with Crippen LogP contribution in [0.1, 0.15) is 43.5 Å². The van der Waals surface area contributed by atoms with Crippen LogP contribution in [0.5, 0.6) is 0 Å². The number of carbonyl (C=O) groups excluding carboxylic acids is 3. The van der Waals surface area contributed by atoms with Gasteiger partial charge in [-0.05, 0) is 57.4 Å². The molecule has 1 N–H and O–H groups in total. The highest BCUT2D eigenvalue weighted by atomic mass is 16.2. The molecule has 0 bridgehead atoms. The fourth-order valence-corrected chi connectivity index (χ4v) is 2.50. The molecular weight excluding hydrogens is 268 g/mol. The summed E-state index contributed by atoms with van der Waals surface area (Å²) in [6, 6.07) is 6.62. The number of piperidine rings is 1. The van der Waals surface area contributed by atoms with E-state index in [1.807, 2.05) is 6.92 Å². The number of hydrogen-bond donors (Lipinski definition) is 1. The van der Waals surface area contributed by atoms with Gasteiger partial charge < -0.3 is 10.2 Å². The number of likely N-dealkylation sites (tertiary alicyclic amines) is 1. The van der Waals surface area contributed by atoms with Crippen molar-refractivity contribution in [2.75, 3.05) is 11.9 Å². The van der Waals surface area contributed by atoms with Crippen LogP contribution in [0.25, 0.3) is 0 Å². The highest BCUT2D eigenvalue weighted by molar-refractivity contribution is 6.39. The predicted molar refractivity (Wildman–Crippen MR) is 80.1 cm³/mol. The van der Waals surface area contributed by atoms with E-state index >= 15 is 0 Å². The Morgan fingerprint density at radius 2 is 1.81 bits per heavy atom. The van der Waals surface area contributed by atoms with Crippen molar-refractivity contribution in [3.63, 3.8) is 0 Å². The molecule has 0 aliphatic carbocycles. The van der Waals surface area contributed by atoms with Crippen molar-refractivity contribution in [1.82, 2.24) is 4.90 Å². The Morgan fingerprint density at radius 1 is 1.14 bits per heavy atom. The first-order valence-electron chi connectivity index (χ1n) is 7.22. The van der Waals surface area contributed by atoms with Crippen LogP contribution < -0.4 is 5.32 Å². The summed E-state index contributed by atoms with van der Waals surface area (Å²) in [5.74, 6) is -1.15. The number of anilines is 1. The lowest BCUT2D eigenvalue weighted by molar-refractivity contribution is -0.145. The van der Waals surface area contributed by atoms with Crippen molar-refractivity contribution in [2.45, 2.75) is 39.2 Å². The molecule has 1 aromatic rings. The number of Topliss-reactive ketones (excluding diaryl/α,β-unsaturated/α-hetero) is 1. The lowest BCUT2D eigenvalue weighted by Gasteiger charge is -2.32. The number of hydrogen-bond acceptors (Lipinski definition) is 3. The Kier molecular flexibility index (Phi) is 4.73. The molecular formula is C16H20N2O3. The number of rotatable bonds is 2. The lowest BCUT2D eigenvalue weighted by atomic mass is 10.0. The molecule has 1 aliphatic rings. The van der Waals surface area contributed by atoms with Gasteiger partial charge in [0.2, 0.25) is 0 Å². The van der Waals surface area contributed by atoms with E-state index < -0.39 is 11.8 Å². The van der Waals surface area contributed by atoms with Crippen molar-refractivity contribution < 1.29 is 14.4 Å². The summed E-state index contributed by atoms with van der Waals surface area (Å²) >= 11 is 0. The number of carbonyl (C=O) groups is 3.